The molecule has 1 atom stereocenters. The van der Waals surface area contributed by atoms with E-state index in [9.17, 15) is 4.79 Å². The van der Waals surface area contributed by atoms with Crippen LogP contribution >= 0.6 is 0 Å². The van der Waals surface area contributed by atoms with Crippen LogP contribution in [-0.4, -0.2) is 43.1 Å². The molecule has 1 saturated heterocycles. The molecule has 1 N–H and O–H groups in total. The molecule has 0 bridgehead atoms. The predicted molar refractivity (Wildman–Crippen MR) is 68.7 cm³/mol. The van der Waals surface area contributed by atoms with Crippen molar-refractivity contribution < 1.29 is 9.53 Å². The molecule has 18 heavy (non-hydrogen) atoms. The highest BCUT2D eigenvalue weighted by molar-refractivity contribution is 5.86. The average Bonchev–Trinajstić information content (AvgIpc) is 2.76. The average molecular weight is 246 g/mol. The van der Waals surface area contributed by atoms with Gasteiger partial charge in [0.25, 0.3) is 0 Å². The first-order valence-electron chi connectivity index (χ1n) is 6.54. The van der Waals surface area contributed by atoms with Gasteiger partial charge >= 0.3 is 0 Å². The van der Waals surface area contributed by atoms with Crippen molar-refractivity contribution in [1.82, 2.24) is 10.2 Å². The molecule has 0 spiro atoms. The van der Waals surface area contributed by atoms with E-state index < -0.39 is 0 Å². The second-order valence-electron chi connectivity index (χ2n) is 4.84. The van der Waals surface area contributed by atoms with Gasteiger partial charge in [0.1, 0.15) is 18.3 Å². The van der Waals surface area contributed by atoms with Crippen LogP contribution in [0, 0.1) is 0 Å². The number of benzene rings is 1. The van der Waals surface area contributed by atoms with Crippen molar-refractivity contribution in [1.29, 1.82) is 0 Å². The van der Waals surface area contributed by atoms with Gasteiger partial charge in [-0.15, -0.1) is 0 Å². The number of fused-ring (bicyclic) bond motifs is 1. The van der Waals surface area contributed by atoms with Gasteiger partial charge in [0, 0.05) is 25.2 Å². The number of nitrogens with one attached hydrogen (secondary N) is 1. The molecule has 2 aliphatic heterocycles. The summed E-state index contributed by atoms with van der Waals surface area (Å²) in [4.78, 5) is 14.6. The lowest BCUT2D eigenvalue weighted by Gasteiger charge is -2.38. The zero-order valence-corrected chi connectivity index (χ0v) is 10.6. The molecule has 1 aromatic rings. The summed E-state index contributed by atoms with van der Waals surface area (Å²) in [6, 6.07) is 8.20. The van der Waals surface area contributed by atoms with E-state index in [1.807, 2.05) is 36.1 Å². The van der Waals surface area contributed by atoms with Crippen molar-refractivity contribution in [3.63, 3.8) is 0 Å². The Morgan fingerprint density at radius 2 is 2.22 bits per heavy atom. The number of hydrogen-bond acceptors (Lipinski definition) is 3. The van der Waals surface area contributed by atoms with Crippen LogP contribution < -0.4 is 10.1 Å². The van der Waals surface area contributed by atoms with Gasteiger partial charge in [0.2, 0.25) is 5.91 Å². The van der Waals surface area contributed by atoms with Gasteiger partial charge in [-0.05, 0) is 13.0 Å². The molecule has 0 aliphatic carbocycles. The second-order valence-corrected chi connectivity index (χ2v) is 4.84. The number of amides is 1. The zero-order valence-electron chi connectivity index (χ0n) is 10.6. The summed E-state index contributed by atoms with van der Waals surface area (Å²) in [5, 5.41) is 3.22. The zero-order chi connectivity index (χ0) is 12.5. The Morgan fingerprint density at radius 3 is 2.89 bits per heavy atom. The topological polar surface area (TPSA) is 41.6 Å². The van der Waals surface area contributed by atoms with E-state index in [1.54, 1.807) is 0 Å². The van der Waals surface area contributed by atoms with E-state index in [1.165, 1.54) is 0 Å². The first kappa shape index (κ1) is 11.5. The fourth-order valence-corrected chi connectivity index (χ4v) is 2.66. The summed E-state index contributed by atoms with van der Waals surface area (Å²) < 4.78 is 5.60. The lowest BCUT2D eigenvalue weighted by atomic mass is 9.98. The largest absolute Gasteiger partial charge is 0.492 e. The van der Waals surface area contributed by atoms with Gasteiger partial charge in [-0.2, -0.15) is 0 Å². The molecular weight excluding hydrogens is 228 g/mol. The normalized spacial score (nSPS) is 21.9. The fourth-order valence-electron chi connectivity index (χ4n) is 2.66. The number of nitrogens with zero attached hydrogens (tertiary/aromatic N) is 1. The Bertz CT molecular complexity index is 457. The lowest BCUT2D eigenvalue weighted by Crippen LogP contribution is -2.59. The molecule has 2 heterocycles. The third kappa shape index (κ3) is 1.77. The molecule has 4 heteroatoms. The monoisotopic (exact) mass is 246 g/mol. The molecular formula is C14H18N2O2. The lowest BCUT2D eigenvalue weighted by molar-refractivity contribution is -0.136. The Kier molecular flexibility index (Phi) is 2.96. The highest BCUT2D eigenvalue weighted by atomic mass is 16.5. The van der Waals surface area contributed by atoms with E-state index in [4.69, 9.17) is 4.74 Å². The maximum absolute atomic E-state index is 12.6. The predicted octanol–water partition coefficient (Wildman–Crippen LogP) is 0.983. The fraction of sp³-hybridized carbons (Fsp3) is 0.500. The number of ether oxygens (including phenoxy) is 1. The highest BCUT2D eigenvalue weighted by Gasteiger charge is 2.36. The number of hydrogen-bond donors (Lipinski definition) is 1. The van der Waals surface area contributed by atoms with Crippen LogP contribution in [-0.2, 0) is 4.79 Å². The first-order valence-corrected chi connectivity index (χ1v) is 6.54. The highest BCUT2D eigenvalue weighted by Crippen LogP contribution is 2.35. The number of likely N-dealkylation sites (N-methyl/N-ethyl adjacent to an activating group) is 1. The summed E-state index contributed by atoms with van der Waals surface area (Å²) in [6.07, 6.45) is 0. The van der Waals surface area contributed by atoms with Gasteiger partial charge in [-0.1, -0.05) is 18.2 Å². The third-order valence-corrected chi connectivity index (χ3v) is 3.82. The molecule has 1 fully saturated rings. The van der Waals surface area contributed by atoms with Crippen LogP contribution in [0.3, 0.4) is 0 Å². The van der Waals surface area contributed by atoms with E-state index in [-0.39, 0.29) is 11.8 Å². The van der Waals surface area contributed by atoms with Crippen molar-refractivity contribution in [3.8, 4) is 5.75 Å². The Labute approximate surface area is 107 Å². The molecule has 0 saturated carbocycles. The van der Waals surface area contributed by atoms with Crippen LogP contribution in [0.4, 0.5) is 0 Å². The Hall–Kier alpha value is -1.55. The number of carbonyl (C=O) groups excluding carboxylic acids is 1. The van der Waals surface area contributed by atoms with Crippen LogP contribution in [0.1, 0.15) is 18.4 Å². The van der Waals surface area contributed by atoms with Gasteiger partial charge in [0.05, 0.1) is 6.04 Å². The molecule has 0 radical (unpaired) electrons. The van der Waals surface area contributed by atoms with E-state index >= 15 is 0 Å². The van der Waals surface area contributed by atoms with Crippen LogP contribution in [0.2, 0.25) is 0 Å². The SMILES string of the molecule is CCN(C(=O)C1COc2ccccc21)C1CNC1. The molecule has 1 amide bonds. The summed E-state index contributed by atoms with van der Waals surface area (Å²) in [6.45, 7) is 5.11. The van der Waals surface area contributed by atoms with Gasteiger partial charge in [-0.3, -0.25) is 4.79 Å². The molecule has 1 unspecified atom stereocenters. The second kappa shape index (κ2) is 4.61. The van der Waals surface area contributed by atoms with Crippen LogP contribution in [0.15, 0.2) is 24.3 Å². The third-order valence-electron chi connectivity index (χ3n) is 3.82. The smallest absolute Gasteiger partial charge is 0.234 e. The minimum atomic E-state index is -0.123. The van der Waals surface area contributed by atoms with Gasteiger partial charge in [-0.25, -0.2) is 0 Å². The molecule has 4 nitrogen and oxygen atoms in total. The van der Waals surface area contributed by atoms with Crippen molar-refractivity contribution in [2.45, 2.75) is 18.9 Å². The Morgan fingerprint density at radius 1 is 1.44 bits per heavy atom. The maximum atomic E-state index is 12.6. The molecule has 1 aromatic carbocycles. The van der Waals surface area contributed by atoms with Gasteiger partial charge < -0.3 is 15.0 Å². The summed E-state index contributed by atoms with van der Waals surface area (Å²) >= 11 is 0. The first-order chi connectivity index (χ1) is 8.81. The minimum Gasteiger partial charge on any atom is -0.492 e. The van der Waals surface area contributed by atoms with Gasteiger partial charge in [0.15, 0.2) is 0 Å². The van der Waals surface area contributed by atoms with Crippen molar-refractivity contribution >= 4 is 5.91 Å². The van der Waals surface area contributed by atoms with Crippen LogP contribution in [0.25, 0.3) is 0 Å². The quantitative estimate of drug-likeness (QED) is 0.864. The molecule has 96 valence electrons. The van der Waals surface area contributed by atoms with Crippen LogP contribution in [0.5, 0.6) is 5.75 Å². The summed E-state index contributed by atoms with van der Waals surface area (Å²) in [5.41, 5.74) is 1.04. The molecule has 0 aromatic heterocycles. The summed E-state index contributed by atoms with van der Waals surface area (Å²) in [5.74, 6) is 0.939. The number of rotatable bonds is 3. The van der Waals surface area contributed by atoms with Crippen molar-refractivity contribution in [2.24, 2.45) is 0 Å². The van der Waals surface area contributed by atoms with E-state index in [2.05, 4.69) is 5.32 Å². The van der Waals surface area contributed by atoms with E-state index in [0.717, 1.165) is 30.9 Å². The number of para-hydroxylation sites is 1. The Balaban J connectivity index is 1.80. The molecule has 3 rings (SSSR count). The van der Waals surface area contributed by atoms with Crippen molar-refractivity contribution in [2.75, 3.05) is 26.2 Å². The maximum Gasteiger partial charge on any atom is 0.234 e. The molecule has 2 aliphatic rings. The summed E-state index contributed by atoms with van der Waals surface area (Å²) in [7, 11) is 0. The standard InChI is InChI=1S/C14H18N2O2/c1-2-16(10-7-15-8-10)14(17)12-9-18-13-6-4-3-5-11(12)13/h3-6,10,12,15H,2,7-9H2,1H3. The number of carbonyl (C=O) groups is 1. The van der Waals surface area contributed by atoms with Crippen molar-refractivity contribution in [3.05, 3.63) is 29.8 Å². The minimum absolute atomic E-state index is 0.123. The van der Waals surface area contributed by atoms with E-state index in [0.29, 0.717) is 12.6 Å².